The van der Waals surface area contributed by atoms with Crippen molar-refractivity contribution in [2.75, 3.05) is 30.4 Å². The Morgan fingerprint density at radius 3 is 2.32 bits per heavy atom. The van der Waals surface area contributed by atoms with Crippen LogP contribution in [0, 0.1) is 0 Å². The average molecular weight is 304 g/mol. The molecule has 0 aliphatic carbocycles. The molecule has 0 spiro atoms. The summed E-state index contributed by atoms with van der Waals surface area (Å²) in [4.78, 5) is 0.219. The van der Waals surface area contributed by atoms with E-state index in [1.165, 1.54) is 0 Å². The standard InChI is InChI=1S/C12H20N2O3S2/c1-3-8-13-11-4-6-12(7-5-11)19(16,17)14-9-10-18(2)15/h4-7,13-14H,3,8-10H2,1-2H3. The molecule has 0 amide bonds. The number of sulfonamides is 1. The second kappa shape index (κ2) is 7.62. The van der Waals surface area contributed by atoms with Gasteiger partial charge in [-0.2, -0.15) is 0 Å². The van der Waals surface area contributed by atoms with Crippen LogP contribution in [0.4, 0.5) is 5.69 Å². The van der Waals surface area contributed by atoms with Crippen LogP contribution in [-0.4, -0.2) is 37.7 Å². The number of rotatable bonds is 8. The van der Waals surface area contributed by atoms with Crippen LogP contribution in [-0.2, 0) is 20.8 Å². The minimum absolute atomic E-state index is 0.182. The quantitative estimate of drug-likeness (QED) is 0.756. The van der Waals surface area contributed by atoms with Crippen LogP contribution >= 0.6 is 0 Å². The van der Waals surface area contributed by atoms with Crippen LogP contribution in [0.5, 0.6) is 0 Å². The number of hydrogen-bond donors (Lipinski definition) is 2. The van der Waals surface area contributed by atoms with E-state index in [1.54, 1.807) is 30.5 Å². The summed E-state index contributed by atoms with van der Waals surface area (Å²) in [5.41, 5.74) is 0.899. The zero-order valence-electron chi connectivity index (χ0n) is 11.2. The van der Waals surface area contributed by atoms with E-state index in [1.807, 2.05) is 0 Å². The van der Waals surface area contributed by atoms with E-state index in [2.05, 4.69) is 17.0 Å². The zero-order valence-corrected chi connectivity index (χ0v) is 12.8. The Balaban J connectivity index is 2.65. The van der Waals surface area contributed by atoms with Crippen LogP contribution in [0.3, 0.4) is 0 Å². The Morgan fingerprint density at radius 1 is 1.16 bits per heavy atom. The molecule has 0 bridgehead atoms. The van der Waals surface area contributed by atoms with Crippen molar-refractivity contribution in [2.45, 2.75) is 18.2 Å². The van der Waals surface area contributed by atoms with Gasteiger partial charge < -0.3 is 5.32 Å². The molecular formula is C12H20N2O3S2. The SMILES string of the molecule is CCCNc1ccc(S(=O)(=O)NCCS(C)=O)cc1. The van der Waals surface area contributed by atoms with Crippen molar-refractivity contribution in [1.82, 2.24) is 4.72 Å². The molecule has 0 saturated heterocycles. The molecule has 5 nitrogen and oxygen atoms in total. The molecule has 0 aromatic heterocycles. The molecule has 0 aliphatic heterocycles. The highest BCUT2D eigenvalue weighted by Gasteiger charge is 2.13. The maximum Gasteiger partial charge on any atom is 0.240 e. The molecule has 1 aromatic rings. The lowest BCUT2D eigenvalue weighted by Gasteiger charge is -2.08. The van der Waals surface area contributed by atoms with Gasteiger partial charge in [0.25, 0.3) is 0 Å². The Morgan fingerprint density at radius 2 is 1.79 bits per heavy atom. The molecule has 7 heteroatoms. The predicted octanol–water partition coefficient (Wildman–Crippen LogP) is 1.17. The van der Waals surface area contributed by atoms with Gasteiger partial charge in [-0.15, -0.1) is 0 Å². The summed E-state index contributed by atoms with van der Waals surface area (Å²) >= 11 is 0. The summed E-state index contributed by atoms with van der Waals surface area (Å²) in [6.07, 6.45) is 2.55. The molecule has 0 fully saturated rings. The Bertz CT molecular complexity index is 512. The van der Waals surface area contributed by atoms with Crippen LogP contribution < -0.4 is 10.0 Å². The normalized spacial score (nSPS) is 13.2. The Hall–Kier alpha value is -0.920. The minimum atomic E-state index is -3.51. The molecule has 19 heavy (non-hydrogen) atoms. The molecule has 1 rings (SSSR count). The van der Waals surface area contributed by atoms with E-state index in [0.717, 1.165) is 18.7 Å². The van der Waals surface area contributed by atoms with Crippen LogP contribution in [0.2, 0.25) is 0 Å². The van der Waals surface area contributed by atoms with Gasteiger partial charge in [-0.1, -0.05) is 6.92 Å². The lowest BCUT2D eigenvalue weighted by molar-refractivity contribution is 0.584. The number of anilines is 1. The third-order valence-electron chi connectivity index (χ3n) is 2.43. The third kappa shape index (κ3) is 5.71. The fourth-order valence-electron chi connectivity index (χ4n) is 1.42. The molecule has 1 unspecified atom stereocenters. The summed E-state index contributed by atoms with van der Waals surface area (Å²) in [7, 11) is -4.51. The molecule has 1 atom stereocenters. The first-order chi connectivity index (χ1) is 8.95. The maximum atomic E-state index is 11.9. The van der Waals surface area contributed by atoms with Crippen molar-refractivity contribution in [3.63, 3.8) is 0 Å². The van der Waals surface area contributed by atoms with Crippen LogP contribution in [0.15, 0.2) is 29.2 Å². The molecule has 2 N–H and O–H groups in total. The Labute approximate surface area is 117 Å². The Kier molecular flexibility index (Phi) is 6.47. The van der Waals surface area contributed by atoms with Gasteiger partial charge in [0.15, 0.2) is 0 Å². The highest BCUT2D eigenvalue weighted by molar-refractivity contribution is 7.89. The second-order valence-electron chi connectivity index (χ2n) is 4.13. The number of hydrogen-bond acceptors (Lipinski definition) is 4. The van der Waals surface area contributed by atoms with Crippen molar-refractivity contribution in [2.24, 2.45) is 0 Å². The van der Waals surface area contributed by atoms with Crippen molar-refractivity contribution in [3.8, 4) is 0 Å². The van der Waals surface area contributed by atoms with Gasteiger partial charge in [0.1, 0.15) is 0 Å². The summed E-state index contributed by atoms with van der Waals surface area (Å²) in [6.45, 7) is 3.10. The first-order valence-corrected chi connectivity index (χ1v) is 9.30. The molecule has 0 heterocycles. The van der Waals surface area contributed by atoms with E-state index in [0.29, 0.717) is 5.75 Å². The molecule has 0 aliphatic rings. The summed E-state index contributed by atoms with van der Waals surface area (Å²) in [6, 6.07) is 6.59. The predicted molar refractivity (Wildman–Crippen MR) is 79.3 cm³/mol. The van der Waals surface area contributed by atoms with Gasteiger partial charge in [-0.25, -0.2) is 13.1 Å². The fraction of sp³-hybridized carbons (Fsp3) is 0.500. The molecular weight excluding hydrogens is 284 g/mol. The van der Waals surface area contributed by atoms with E-state index < -0.39 is 20.8 Å². The van der Waals surface area contributed by atoms with Gasteiger partial charge in [-0.3, -0.25) is 4.21 Å². The van der Waals surface area contributed by atoms with Crippen LogP contribution in [0.1, 0.15) is 13.3 Å². The van der Waals surface area contributed by atoms with Crippen molar-refractivity contribution >= 4 is 26.5 Å². The van der Waals surface area contributed by atoms with Gasteiger partial charge in [0.05, 0.1) is 4.90 Å². The monoisotopic (exact) mass is 304 g/mol. The van der Waals surface area contributed by atoms with E-state index in [9.17, 15) is 12.6 Å². The number of benzene rings is 1. The molecule has 0 radical (unpaired) electrons. The first-order valence-electron chi connectivity index (χ1n) is 6.09. The van der Waals surface area contributed by atoms with Crippen molar-refractivity contribution in [3.05, 3.63) is 24.3 Å². The number of nitrogens with one attached hydrogen (secondary N) is 2. The highest BCUT2D eigenvalue weighted by Crippen LogP contribution is 2.13. The smallest absolute Gasteiger partial charge is 0.240 e. The fourth-order valence-corrected chi connectivity index (χ4v) is 2.97. The lowest BCUT2D eigenvalue weighted by Crippen LogP contribution is -2.27. The van der Waals surface area contributed by atoms with Gasteiger partial charge >= 0.3 is 0 Å². The zero-order chi connectivity index (χ0) is 14.3. The second-order valence-corrected chi connectivity index (χ2v) is 7.45. The van der Waals surface area contributed by atoms with Gasteiger partial charge in [0.2, 0.25) is 10.0 Å². The van der Waals surface area contributed by atoms with Crippen molar-refractivity contribution < 1.29 is 12.6 Å². The molecule has 0 saturated carbocycles. The third-order valence-corrected chi connectivity index (χ3v) is 4.68. The maximum absolute atomic E-state index is 11.9. The topological polar surface area (TPSA) is 75.3 Å². The summed E-state index contributed by atoms with van der Waals surface area (Å²) in [5, 5.41) is 3.18. The van der Waals surface area contributed by atoms with Gasteiger partial charge in [-0.05, 0) is 30.7 Å². The molecule has 108 valence electrons. The first kappa shape index (κ1) is 16.1. The molecule has 1 aromatic carbocycles. The summed E-state index contributed by atoms with van der Waals surface area (Å²) < 4.78 is 37.1. The largest absolute Gasteiger partial charge is 0.385 e. The van der Waals surface area contributed by atoms with Crippen LogP contribution in [0.25, 0.3) is 0 Å². The van der Waals surface area contributed by atoms with E-state index in [-0.39, 0.29) is 11.4 Å². The van der Waals surface area contributed by atoms with E-state index in [4.69, 9.17) is 0 Å². The van der Waals surface area contributed by atoms with E-state index >= 15 is 0 Å². The van der Waals surface area contributed by atoms with Crippen molar-refractivity contribution in [1.29, 1.82) is 0 Å². The lowest BCUT2D eigenvalue weighted by atomic mass is 10.3. The average Bonchev–Trinajstić information content (AvgIpc) is 2.36. The summed E-state index contributed by atoms with van der Waals surface area (Å²) in [5.74, 6) is 0.315. The highest BCUT2D eigenvalue weighted by atomic mass is 32.2. The van der Waals surface area contributed by atoms with Gasteiger partial charge in [0, 0.05) is 41.6 Å². The minimum Gasteiger partial charge on any atom is -0.385 e.